The average Bonchev–Trinajstić information content (AvgIpc) is 2.81. The van der Waals surface area contributed by atoms with Crippen LogP contribution in [0.3, 0.4) is 0 Å². The van der Waals surface area contributed by atoms with Crippen molar-refractivity contribution in [2.75, 3.05) is 7.11 Å². The first-order valence-electron chi connectivity index (χ1n) is 7.55. The van der Waals surface area contributed by atoms with Crippen LogP contribution < -0.4 is 4.74 Å². The fourth-order valence-corrected chi connectivity index (χ4v) is 3.63. The van der Waals surface area contributed by atoms with E-state index in [2.05, 4.69) is 15.6 Å². The quantitative estimate of drug-likeness (QED) is 0.829. The van der Waals surface area contributed by atoms with E-state index in [1.807, 2.05) is 12.1 Å². The van der Waals surface area contributed by atoms with Crippen molar-refractivity contribution in [2.24, 2.45) is 5.92 Å². The molecule has 4 heteroatoms. The Labute approximate surface area is 125 Å². The van der Waals surface area contributed by atoms with Gasteiger partial charge in [0.1, 0.15) is 11.3 Å². The summed E-state index contributed by atoms with van der Waals surface area (Å²) in [5, 5.41) is 0. The van der Waals surface area contributed by atoms with E-state index in [1.54, 1.807) is 7.11 Å². The molecule has 1 aliphatic rings. The highest BCUT2D eigenvalue weighted by Gasteiger charge is 2.15. The molecule has 1 aromatic heterocycles. The van der Waals surface area contributed by atoms with Gasteiger partial charge in [-0.05, 0) is 36.7 Å². The Kier molecular flexibility index (Phi) is 4.10. The van der Waals surface area contributed by atoms with Crippen LogP contribution in [0, 0.1) is 10.7 Å². The van der Waals surface area contributed by atoms with E-state index in [-0.39, 0.29) is 0 Å². The minimum atomic E-state index is 0.806. The van der Waals surface area contributed by atoms with Gasteiger partial charge in [0.15, 0.2) is 4.77 Å². The summed E-state index contributed by atoms with van der Waals surface area (Å²) in [7, 11) is 1.70. The van der Waals surface area contributed by atoms with Gasteiger partial charge in [-0.25, -0.2) is 0 Å². The molecule has 1 aliphatic carbocycles. The molecule has 0 saturated heterocycles. The second kappa shape index (κ2) is 6.00. The lowest BCUT2D eigenvalue weighted by Gasteiger charge is -2.21. The Bertz CT molecular complexity index is 637. The number of ether oxygens (including phenoxy) is 1. The number of aromatic amines is 1. The van der Waals surface area contributed by atoms with Gasteiger partial charge in [0.2, 0.25) is 0 Å². The molecule has 0 spiro atoms. The van der Waals surface area contributed by atoms with Gasteiger partial charge >= 0.3 is 0 Å². The van der Waals surface area contributed by atoms with Crippen molar-refractivity contribution in [1.82, 2.24) is 9.55 Å². The number of benzene rings is 1. The van der Waals surface area contributed by atoms with Crippen LogP contribution in [0.15, 0.2) is 18.2 Å². The molecule has 0 amide bonds. The number of nitrogens with one attached hydrogen (secondary N) is 1. The summed E-state index contributed by atoms with van der Waals surface area (Å²) >= 11 is 5.48. The Balaban J connectivity index is 1.84. The summed E-state index contributed by atoms with van der Waals surface area (Å²) in [6, 6.07) is 6.12. The van der Waals surface area contributed by atoms with E-state index in [1.165, 1.54) is 38.5 Å². The maximum atomic E-state index is 5.48. The molecule has 1 aromatic carbocycles. The van der Waals surface area contributed by atoms with Crippen LogP contribution in [-0.2, 0) is 6.54 Å². The van der Waals surface area contributed by atoms with Gasteiger partial charge in [0.05, 0.1) is 12.6 Å². The van der Waals surface area contributed by atoms with Crippen molar-refractivity contribution in [2.45, 2.75) is 45.1 Å². The summed E-state index contributed by atoms with van der Waals surface area (Å²) in [5.41, 5.74) is 2.17. The summed E-state index contributed by atoms with van der Waals surface area (Å²) in [6.45, 7) is 1.01. The number of rotatable bonds is 4. The standard InChI is InChI=1S/C16H22N2OS/c1-19-14-9-5-8-13-15(14)17-16(20)18(13)11-10-12-6-3-2-4-7-12/h5,8-9,12H,2-4,6-7,10-11H2,1H3,(H,17,20). The van der Waals surface area contributed by atoms with Crippen molar-refractivity contribution in [3.05, 3.63) is 23.0 Å². The number of hydrogen-bond donors (Lipinski definition) is 1. The first-order chi connectivity index (χ1) is 9.79. The summed E-state index contributed by atoms with van der Waals surface area (Å²) < 4.78 is 8.43. The van der Waals surface area contributed by atoms with Gasteiger partial charge in [0, 0.05) is 6.54 Å². The van der Waals surface area contributed by atoms with Gasteiger partial charge in [-0.3, -0.25) is 0 Å². The highest BCUT2D eigenvalue weighted by atomic mass is 32.1. The molecule has 0 unspecified atom stereocenters. The molecule has 1 fully saturated rings. The van der Waals surface area contributed by atoms with Crippen molar-refractivity contribution < 1.29 is 4.74 Å². The molecule has 0 bridgehead atoms. The largest absolute Gasteiger partial charge is 0.494 e. The van der Waals surface area contributed by atoms with Gasteiger partial charge < -0.3 is 14.3 Å². The van der Waals surface area contributed by atoms with E-state index in [4.69, 9.17) is 17.0 Å². The second-order valence-electron chi connectivity index (χ2n) is 5.73. The highest BCUT2D eigenvalue weighted by Crippen LogP contribution is 2.29. The number of hydrogen-bond acceptors (Lipinski definition) is 2. The predicted octanol–water partition coefficient (Wildman–Crippen LogP) is 4.68. The van der Waals surface area contributed by atoms with E-state index in [9.17, 15) is 0 Å². The van der Waals surface area contributed by atoms with Crippen molar-refractivity contribution in [3.63, 3.8) is 0 Å². The summed E-state index contributed by atoms with van der Waals surface area (Å²) in [4.78, 5) is 3.29. The average molecular weight is 290 g/mol. The summed E-state index contributed by atoms with van der Waals surface area (Å²) in [6.07, 6.45) is 8.23. The van der Waals surface area contributed by atoms with Crippen LogP contribution in [-0.4, -0.2) is 16.7 Å². The molecule has 1 heterocycles. The fraction of sp³-hybridized carbons (Fsp3) is 0.562. The number of fused-ring (bicyclic) bond motifs is 1. The van der Waals surface area contributed by atoms with Crippen molar-refractivity contribution >= 4 is 23.3 Å². The lowest BCUT2D eigenvalue weighted by Crippen LogP contribution is -2.10. The lowest BCUT2D eigenvalue weighted by atomic mass is 9.87. The van der Waals surface area contributed by atoms with E-state index >= 15 is 0 Å². The molecule has 0 radical (unpaired) electrons. The SMILES string of the molecule is COc1cccc2c1[nH]c(=S)n2CCC1CCCCC1. The third kappa shape index (κ3) is 2.62. The smallest absolute Gasteiger partial charge is 0.178 e. The number of methoxy groups -OCH3 is 1. The number of imidazole rings is 1. The zero-order valence-corrected chi connectivity index (χ0v) is 12.8. The monoisotopic (exact) mass is 290 g/mol. The lowest BCUT2D eigenvalue weighted by molar-refractivity contribution is 0.325. The molecule has 0 atom stereocenters. The van der Waals surface area contributed by atoms with Crippen LogP contribution in [0.2, 0.25) is 0 Å². The minimum Gasteiger partial charge on any atom is -0.494 e. The van der Waals surface area contributed by atoms with Crippen LogP contribution in [0.4, 0.5) is 0 Å². The molecule has 0 aliphatic heterocycles. The molecule has 1 N–H and O–H groups in total. The Morgan fingerprint density at radius 3 is 2.85 bits per heavy atom. The maximum absolute atomic E-state index is 5.48. The molecule has 1 saturated carbocycles. The number of aryl methyl sites for hydroxylation is 1. The normalized spacial score (nSPS) is 16.6. The van der Waals surface area contributed by atoms with Gasteiger partial charge in [-0.1, -0.05) is 38.2 Å². The topological polar surface area (TPSA) is 29.9 Å². The molecule has 3 nitrogen and oxygen atoms in total. The van der Waals surface area contributed by atoms with Crippen molar-refractivity contribution in [3.8, 4) is 5.75 Å². The zero-order valence-electron chi connectivity index (χ0n) is 12.0. The number of H-pyrrole nitrogens is 1. The zero-order chi connectivity index (χ0) is 13.9. The third-order valence-electron chi connectivity index (χ3n) is 4.48. The maximum Gasteiger partial charge on any atom is 0.178 e. The molecular formula is C16H22N2OS. The van der Waals surface area contributed by atoms with Gasteiger partial charge in [-0.15, -0.1) is 0 Å². The highest BCUT2D eigenvalue weighted by molar-refractivity contribution is 7.71. The number of aromatic nitrogens is 2. The number of nitrogens with zero attached hydrogens (tertiary/aromatic N) is 1. The Morgan fingerprint density at radius 1 is 1.30 bits per heavy atom. The van der Waals surface area contributed by atoms with E-state index in [0.717, 1.165) is 34.0 Å². The van der Waals surface area contributed by atoms with Crippen LogP contribution in [0.1, 0.15) is 38.5 Å². The number of para-hydroxylation sites is 1. The summed E-state index contributed by atoms with van der Waals surface area (Å²) in [5.74, 6) is 1.74. The van der Waals surface area contributed by atoms with Crippen LogP contribution in [0.5, 0.6) is 5.75 Å². The Morgan fingerprint density at radius 2 is 2.10 bits per heavy atom. The first-order valence-corrected chi connectivity index (χ1v) is 7.96. The van der Waals surface area contributed by atoms with E-state index < -0.39 is 0 Å². The molecule has 3 rings (SSSR count). The minimum absolute atomic E-state index is 0.806. The predicted molar refractivity (Wildman–Crippen MR) is 84.9 cm³/mol. The van der Waals surface area contributed by atoms with Crippen molar-refractivity contribution in [1.29, 1.82) is 0 Å². The second-order valence-corrected chi connectivity index (χ2v) is 6.12. The first kappa shape index (κ1) is 13.7. The molecular weight excluding hydrogens is 268 g/mol. The van der Waals surface area contributed by atoms with Gasteiger partial charge in [-0.2, -0.15) is 0 Å². The third-order valence-corrected chi connectivity index (χ3v) is 4.80. The van der Waals surface area contributed by atoms with Gasteiger partial charge in [0.25, 0.3) is 0 Å². The molecule has 108 valence electrons. The van der Waals surface area contributed by atoms with Crippen LogP contribution >= 0.6 is 12.2 Å². The Hall–Kier alpha value is -1.29. The molecule has 2 aromatic rings. The van der Waals surface area contributed by atoms with Crippen LogP contribution in [0.25, 0.3) is 11.0 Å². The molecule has 20 heavy (non-hydrogen) atoms. The fourth-order valence-electron chi connectivity index (χ4n) is 3.33. The van der Waals surface area contributed by atoms with E-state index in [0.29, 0.717) is 0 Å².